The van der Waals surface area contributed by atoms with E-state index < -0.39 is 47.3 Å². The lowest BCUT2D eigenvalue weighted by atomic mass is 10.2. The molecule has 1 unspecified atom stereocenters. The Hall–Kier alpha value is -2.95. The standard InChI is InChI=1S/C18H28N4O7/c1-11-8-22(17(27)20-15(11)25)10-13(23)21(7-6-14(24)28-5)9-12(19)16(26)29-18(2,3)4/h8,12H,6-7,9-10,19H2,1-5H3,(H,20,25,27). The van der Waals surface area contributed by atoms with Gasteiger partial charge in [-0.05, 0) is 27.7 Å². The van der Waals surface area contributed by atoms with E-state index in [-0.39, 0.29) is 25.1 Å². The Kier molecular flexibility index (Phi) is 8.31. The molecule has 1 aromatic rings. The first-order valence-corrected chi connectivity index (χ1v) is 8.97. The molecule has 0 bridgehead atoms. The zero-order valence-electron chi connectivity index (χ0n) is 17.3. The minimum absolute atomic E-state index is 0.0703. The Bertz CT molecular complexity index is 866. The summed E-state index contributed by atoms with van der Waals surface area (Å²) in [6.07, 6.45) is 1.13. The predicted octanol–water partition coefficient (Wildman–Crippen LogP) is -1.09. The molecule has 0 aliphatic rings. The number of carbonyl (C=O) groups is 3. The van der Waals surface area contributed by atoms with Gasteiger partial charge < -0.3 is 20.1 Å². The van der Waals surface area contributed by atoms with E-state index in [1.165, 1.54) is 25.1 Å². The third-order valence-electron chi connectivity index (χ3n) is 3.79. The Labute approximate surface area is 167 Å². The van der Waals surface area contributed by atoms with Crippen LogP contribution in [0, 0.1) is 6.92 Å². The summed E-state index contributed by atoms with van der Waals surface area (Å²) in [4.78, 5) is 63.0. The number of aromatic amines is 1. The topological polar surface area (TPSA) is 154 Å². The zero-order valence-corrected chi connectivity index (χ0v) is 17.3. The number of carbonyl (C=O) groups excluding carboxylic acids is 3. The van der Waals surface area contributed by atoms with Crippen LogP contribution in [-0.2, 0) is 30.4 Å². The number of amides is 1. The zero-order chi connectivity index (χ0) is 22.4. The number of ether oxygens (including phenoxy) is 2. The highest BCUT2D eigenvalue weighted by Gasteiger charge is 2.26. The SMILES string of the molecule is COC(=O)CCN(CC(N)C(=O)OC(C)(C)C)C(=O)Cn1cc(C)c(=O)[nH]c1=O. The van der Waals surface area contributed by atoms with Gasteiger partial charge in [-0.2, -0.15) is 0 Å². The van der Waals surface area contributed by atoms with Gasteiger partial charge in [0, 0.05) is 24.8 Å². The maximum atomic E-state index is 12.7. The number of aryl methyl sites for hydroxylation is 1. The fraction of sp³-hybridized carbons (Fsp3) is 0.611. The van der Waals surface area contributed by atoms with Gasteiger partial charge in [0.05, 0.1) is 13.5 Å². The van der Waals surface area contributed by atoms with Crippen LogP contribution in [0.25, 0.3) is 0 Å². The molecule has 1 aromatic heterocycles. The Morgan fingerprint density at radius 1 is 1.28 bits per heavy atom. The molecule has 11 heteroatoms. The van der Waals surface area contributed by atoms with Crippen molar-refractivity contribution in [3.63, 3.8) is 0 Å². The molecule has 0 aliphatic carbocycles. The van der Waals surface area contributed by atoms with E-state index >= 15 is 0 Å². The third-order valence-corrected chi connectivity index (χ3v) is 3.79. The van der Waals surface area contributed by atoms with Gasteiger partial charge in [-0.1, -0.05) is 0 Å². The fourth-order valence-electron chi connectivity index (χ4n) is 2.32. The number of hydrogen-bond donors (Lipinski definition) is 2. The van der Waals surface area contributed by atoms with Crippen LogP contribution in [0.15, 0.2) is 15.8 Å². The van der Waals surface area contributed by atoms with Crippen molar-refractivity contribution >= 4 is 17.8 Å². The van der Waals surface area contributed by atoms with E-state index in [4.69, 9.17) is 10.5 Å². The van der Waals surface area contributed by atoms with Crippen LogP contribution >= 0.6 is 0 Å². The quantitative estimate of drug-likeness (QED) is 0.510. The predicted molar refractivity (Wildman–Crippen MR) is 103 cm³/mol. The van der Waals surface area contributed by atoms with Crippen molar-refractivity contribution in [2.24, 2.45) is 5.73 Å². The lowest BCUT2D eigenvalue weighted by molar-refractivity contribution is -0.157. The summed E-state index contributed by atoms with van der Waals surface area (Å²) in [7, 11) is 1.21. The van der Waals surface area contributed by atoms with E-state index in [9.17, 15) is 24.0 Å². The molecular formula is C18H28N4O7. The number of H-pyrrole nitrogens is 1. The highest BCUT2D eigenvalue weighted by Crippen LogP contribution is 2.09. The molecule has 0 aliphatic heterocycles. The van der Waals surface area contributed by atoms with Crippen LogP contribution in [0.3, 0.4) is 0 Å². The van der Waals surface area contributed by atoms with Gasteiger partial charge >= 0.3 is 17.6 Å². The second-order valence-electron chi connectivity index (χ2n) is 7.51. The first-order chi connectivity index (χ1) is 13.3. The second kappa shape index (κ2) is 10.0. The van der Waals surface area contributed by atoms with E-state index in [2.05, 4.69) is 9.72 Å². The summed E-state index contributed by atoms with van der Waals surface area (Å²) < 4.78 is 10.8. The van der Waals surface area contributed by atoms with E-state index in [1.54, 1.807) is 20.8 Å². The molecule has 29 heavy (non-hydrogen) atoms. The largest absolute Gasteiger partial charge is 0.469 e. The van der Waals surface area contributed by atoms with Crippen molar-refractivity contribution in [2.45, 2.75) is 52.3 Å². The highest BCUT2D eigenvalue weighted by atomic mass is 16.6. The summed E-state index contributed by atoms with van der Waals surface area (Å²) in [5.74, 6) is -1.82. The minimum Gasteiger partial charge on any atom is -0.469 e. The van der Waals surface area contributed by atoms with Crippen LogP contribution in [0.2, 0.25) is 0 Å². The van der Waals surface area contributed by atoms with Crippen molar-refractivity contribution < 1.29 is 23.9 Å². The number of rotatable bonds is 8. The fourth-order valence-corrected chi connectivity index (χ4v) is 2.32. The van der Waals surface area contributed by atoms with Crippen molar-refractivity contribution in [3.05, 3.63) is 32.6 Å². The van der Waals surface area contributed by atoms with Crippen molar-refractivity contribution in [1.29, 1.82) is 0 Å². The molecule has 0 saturated heterocycles. The van der Waals surface area contributed by atoms with Gasteiger partial charge in [0.1, 0.15) is 18.2 Å². The smallest absolute Gasteiger partial charge is 0.328 e. The number of methoxy groups -OCH3 is 1. The molecule has 1 heterocycles. The number of nitrogens with one attached hydrogen (secondary N) is 1. The Balaban J connectivity index is 2.98. The molecule has 1 atom stereocenters. The van der Waals surface area contributed by atoms with Crippen LogP contribution in [0.1, 0.15) is 32.8 Å². The highest BCUT2D eigenvalue weighted by molar-refractivity contribution is 5.80. The number of nitrogens with two attached hydrogens (primary N) is 1. The summed E-state index contributed by atoms with van der Waals surface area (Å²) in [6, 6.07) is -1.15. The third kappa shape index (κ3) is 7.90. The molecular weight excluding hydrogens is 384 g/mol. The van der Waals surface area contributed by atoms with Crippen LogP contribution in [-0.4, -0.2) is 64.1 Å². The minimum atomic E-state index is -1.15. The van der Waals surface area contributed by atoms with Crippen molar-refractivity contribution in [1.82, 2.24) is 14.5 Å². The Morgan fingerprint density at radius 2 is 1.90 bits per heavy atom. The van der Waals surface area contributed by atoms with Gasteiger partial charge in [-0.3, -0.25) is 28.7 Å². The van der Waals surface area contributed by atoms with Gasteiger partial charge in [-0.15, -0.1) is 0 Å². The summed E-state index contributed by atoms with van der Waals surface area (Å²) in [6.45, 7) is 5.85. The van der Waals surface area contributed by atoms with E-state index in [0.29, 0.717) is 0 Å². The number of aromatic nitrogens is 2. The summed E-state index contributed by atoms with van der Waals surface area (Å²) in [5, 5.41) is 0. The normalized spacial score (nSPS) is 12.2. The van der Waals surface area contributed by atoms with Gasteiger partial charge in [-0.25, -0.2) is 4.79 Å². The molecule has 0 radical (unpaired) electrons. The number of esters is 2. The maximum absolute atomic E-state index is 12.7. The van der Waals surface area contributed by atoms with Gasteiger partial charge in [0.15, 0.2) is 0 Å². The molecule has 0 spiro atoms. The van der Waals surface area contributed by atoms with Crippen molar-refractivity contribution in [2.75, 3.05) is 20.2 Å². The molecule has 11 nitrogen and oxygen atoms in total. The van der Waals surface area contributed by atoms with Crippen LogP contribution in [0.4, 0.5) is 0 Å². The van der Waals surface area contributed by atoms with E-state index in [0.717, 1.165) is 4.57 Å². The summed E-state index contributed by atoms with van der Waals surface area (Å²) >= 11 is 0. The molecule has 1 amide bonds. The van der Waals surface area contributed by atoms with Crippen LogP contribution < -0.4 is 17.0 Å². The molecule has 0 aromatic carbocycles. The average Bonchev–Trinajstić information content (AvgIpc) is 2.60. The molecule has 0 fully saturated rings. The lowest BCUT2D eigenvalue weighted by Gasteiger charge is -2.27. The number of nitrogens with zero attached hydrogens (tertiary/aromatic N) is 2. The Morgan fingerprint density at radius 3 is 2.45 bits per heavy atom. The molecule has 1 rings (SSSR count). The van der Waals surface area contributed by atoms with Gasteiger partial charge in [0.2, 0.25) is 5.91 Å². The maximum Gasteiger partial charge on any atom is 0.328 e. The first-order valence-electron chi connectivity index (χ1n) is 8.97. The average molecular weight is 412 g/mol. The van der Waals surface area contributed by atoms with E-state index in [1.807, 2.05) is 0 Å². The van der Waals surface area contributed by atoms with Crippen LogP contribution in [0.5, 0.6) is 0 Å². The monoisotopic (exact) mass is 412 g/mol. The van der Waals surface area contributed by atoms with Crippen molar-refractivity contribution in [3.8, 4) is 0 Å². The second-order valence-corrected chi connectivity index (χ2v) is 7.51. The molecule has 0 saturated carbocycles. The number of hydrogen-bond acceptors (Lipinski definition) is 8. The molecule has 3 N–H and O–H groups in total. The lowest BCUT2D eigenvalue weighted by Crippen LogP contribution is -2.49. The first kappa shape index (κ1) is 24.1. The summed E-state index contributed by atoms with van der Waals surface area (Å²) in [5.41, 5.74) is 4.07. The molecule has 162 valence electrons. The van der Waals surface area contributed by atoms with Gasteiger partial charge in [0.25, 0.3) is 5.56 Å².